The number of nitrogens with zero attached hydrogens (tertiary/aromatic N) is 6. The van der Waals surface area contributed by atoms with Gasteiger partial charge in [0.05, 0.1) is 23.1 Å². The third-order valence-corrected chi connectivity index (χ3v) is 10.9. The third-order valence-electron chi connectivity index (χ3n) is 10.9. The van der Waals surface area contributed by atoms with E-state index in [-0.39, 0.29) is 0 Å². The maximum absolute atomic E-state index is 6.86. The molecule has 3 aromatic carbocycles. The molecule has 1 unspecified atom stereocenters. The summed E-state index contributed by atoms with van der Waals surface area (Å²) >= 11 is 0. The molecule has 8 heterocycles. The van der Waals surface area contributed by atoms with Crippen molar-refractivity contribution in [2.24, 2.45) is 0 Å². The van der Waals surface area contributed by atoms with Gasteiger partial charge in [0.1, 0.15) is 28.3 Å². The van der Waals surface area contributed by atoms with E-state index in [1.54, 1.807) is 0 Å². The first-order valence-electron chi connectivity index (χ1n) is 16.4. The SMILES string of the molecule is Cc1cc(-c2ccncc2)nc(C)c1-c1c(C)n2[n+](c1C)C13c4c(cccc4-2)Oc2ccc4c5ccccc5n(c4c21)-c1cccc[n+]13. The first-order valence-corrected chi connectivity index (χ1v) is 16.4. The lowest BCUT2D eigenvalue weighted by Crippen LogP contribution is -2.77. The van der Waals surface area contributed by atoms with Gasteiger partial charge < -0.3 is 4.74 Å². The molecular formula is C41H30N6O+2. The van der Waals surface area contributed by atoms with Gasteiger partial charge in [-0.2, -0.15) is 9.13 Å². The van der Waals surface area contributed by atoms with Crippen LogP contribution in [0.3, 0.4) is 0 Å². The van der Waals surface area contributed by atoms with Crippen LogP contribution in [0.4, 0.5) is 0 Å². The minimum Gasteiger partial charge on any atom is -0.456 e. The van der Waals surface area contributed by atoms with Crippen LogP contribution in [-0.2, 0) is 5.66 Å². The zero-order valence-corrected chi connectivity index (χ0v) is 27.0. The Morgan fingerprint density at radius 1 is 0.750 bits per heavy atom. The topological polar surface area (TPSA) is 52.6 Å². The summed E-state index contributed by atoms with van der Waals surface area (Å²) in [6.45, 7) is 8.87. The molecule has 7 heteroatoms. The smallest absolute Gasteiger partial charge is 0.397 e. The molecule has 7 nitrogen and oxygen atoms in total. The highest BCUT2D eigenvalue weighted by Crippen LogP contribution is 2.56. The molecule has 0 saturated carbocycles. The summed E-state index contributed by atoms with van der Waals surface area (Å²) < 4.78 is 16.7. The van der Waals surface area contributed by atoms with E-state index < -0.39 is 5.66 Å². The van der Waals surface area contributed by atoms with Gasteiger partial charge in [-0.15, -0.1) is 4.68 Å². The molecule has 1 spiro atoms. The average molecular weight is 623 g/mol. The lowest BCUT2D eigenvalue weighted by molar-refractivity contribution is -0.995. The summed E-state index contributed by atoms with van der Waals surface area (Å²) in [6.07, 6.45) is 5.89. The van der Waals surface area contributed by atoms with Crippen LogP contribution in [0.25, 0.3) is 55.7 Å². The zero-order chi connectivity index (χ0) is 32.1. The third kappa shape index (κ3) is 2.80. The van der Waals surface area contributed by atoms with E-state index in [1.165, 1.54) is 49.9 Å². The molecule has 11 rings (SSSR count). The normalized spacial score (nSPS) is 16.2. The highest BCUT2D eigenvalue weighted by atomic mass is 16.5. The molecule has 8 aromatic rings. The first kappa shape index (κ1) is 26.0. The number of fused-ring (bicyclic) bond motifs is 7. The van der Waals surface area contributed by atoms with Crippen molar-refractivity contribution in [1.82, 2.24) is 19.2 Å². The summed E-state index contributed by atoms with van der Waals surface area (Å²) in [6, 6.07) is 32.4. The number of aromatic nitrogens is 6. The molecule has 48 heavy (non-hydrogen) atoms. The first-order chi connectivity index (χ1) is 23.5. The summed E-state index contributed by atoms with van der Waals surface area (Å²) in [5, 5.41) is 2.46. The van der Waals surface area contributed by atoms with Crippen LogP contribution in [0, 0.1) is 27.7 Å². The molecule has 0 saturated heterocycles. The van der Waals surface area contributed by atoms with Gasteiger partial charge in [-0.1, -0.05) is 28.9 Å². The van der Waals surface area contributed by atoms with Crippen LogP contribution >= 0.6 is 0 Å². The summed E-state index contributed by atoms with van der Waals surface area (Å²) in [5.74, 6) is 2.89. The van der Waals surface area contributed by atoms with Crippen molar-refractivity contribution < 1.29 is 14.0 Å². The minimum atomic E-state index is -0.723. The second-order valence-electron chi connectivity index (χ2n) is 13.2. The average Bonchev–Trinajstić information content (AvgIpc) is 3.71. The Bertz CT molecular complexity index is 2730. The van der Waals surface area contributed by atoms with Crippen LogP contribution < -0.4 is 14.0 Å². The van der Waals surface area contributed by atoms with Crippen molar-refractivity contribution in [1.29, 1.82) is 0 Å². The molecule has 0 aliphatic carbocycles. The van der Waals surface area contributed by atoms with Gasteiger partial charge in [0.15, 0.2) is 11.1 Å². The summed E-state index contributed by atoms with van der Waals surface area (Å²) in [5.41, 5.74) is 14.1. The van der Waals surface area contributed by atoms with Crippen LogP contribution in [0.5, 0.6) is 11.5 Å². The quantitative estimate of drug-likeness (QED) is 0.187. The minimum absolute atomic E-state index is 0.723. The molecule has 0 N–H and O–H groups in total. The number of aryl methyl sites for hydroxylation is 2. The summed E-state index contributed by atoms with van der Waals surface area (Å²) in [7, 11) is 0. The zero-order valence-electron chi connectivity index (χ0n) is 27.0. The Balaban J connectivity index is 1.30. The Kier molecular flexibility index (Phi) is 4.68. The number of para-hydroxylation sites is 1. The number of rotatable bonds is 2. The lowest BCUT2D eigenvalue weighted by Gasteiger charge is -2.33. The maximum Gasteiger partial charge on any atom is 0.397 e. The fourth-order valence-electron chi connectivity index (χ4n) is 9.21. The van der Waals surface area contributed by atoms with Crippen molar-refractivity contribution in [2.45, 2.75) is 33.4 Å². The molecule has 3 aliphatic rings. The molecule has 0 amide bonds. The van der Waals surface area contributed by atoms with Crippen LogP contribution in [-0.4, -0.2) is 19.2 Å². The molecule has 0 bridgehead atoms. The van der Waals surface area contributed by atoms with E-state index >= 15 is 0 Å². The van der Waals surface area contributed by atoms with Gasteiger partial charge in [-0.25, -0.2) is 0 Å². The van der Waals surface area contributed by atoms with E-state index in [0.717, 1.165) is 51.1 Å². The predicted molar refractivity (Wildman–Crippen MR) is 184 cm³/mol. The van der Waals surface area contributed by atoms with Crippen LogP contribution in [0.1, 0.15) is 33.8 Å². The van der Waals surface area contributed by atoms with Crippen molar-refractivity contribution in [3.8, 4) is 45.4 Å². The van der Waals surface area contributed by atoms with Crippen LogP contribution in [0.15, 0.2) is 110 Å². The van der Waals surface area contributed by atoms with Gasteiger partial charge >= 0.3 is 5.66 Å². The maximum atomic E-state index is 6.86. The fourth-order valence-corrected chi connectivity index (χ4v) is 9.21. The molecular weight excluding hydrogens is 592 g/mol. The number of ether oxygens (including phenoxy) is 1. The number of hydrogen-bond acceptors (Lipinski definition) is 3. The van der Waals surface area contributed by atoms with Gasteiger partial charge in [0, 0.05) is 53.0 Å². The van der Waals surface area contributed by atoms with Crippen molar-refractivity contribution >= 4 is 21.8 Å². The Morgan fingerprint density at radius 2 is 1.56 bits per heavy atom. The second kappa shape index (κ2) is 8.63. The molecule has 0 fully saturated rings. The van der Waals surface area contributed by atoms with Gasteiger partial charge in [-0.3, -0.25) is 9.97 Å². The Morgan fingerprint density at radius 3 is 2.42 bits per heavy atom. The highest BCUT2D eigenvalue weighted by molar-refractivity contribution is 6.11. The van der Waals surface area contributed by atoms with Crippen molar-refractivity contribution in [3.63, 3.8) is 0 Å². The van der Waals surface area contributed by atoms with E-state index in [0.29, 0.717) is 0 Å². The van der Waals surface area contributed by atoms with Crippen molar-refractivity contribution in [3.05, 3.63) is 143 Å². The number of hydrogen-bond donors (Lipinski definition) is 0. The number of benzene rings is 3. The Hall–Kier alpha value is -6.08. The molecule has 1 atom stereocenters. The van der Waals surface area contributed by atoms with E-state index in [2.05, 4.69) is 136 Å². The van der Waals surface area contributed by atoms with Crippen molar-refractivity contribution in [2.75, 3.05) is 0 Å². The lowest BCUT2D eigenvalue weighted by atomic mass is 9.83. The van der Waals surface area contributed by atoms with Gasteiger partial charge in [-0.05, 0) is 87.0 Å². The summed E-state index contributed by atoms with van der Waals surface area (Å²) in [4.78, 5) is 9.38. The van der Waals surface area contributed by atoms with Crippen LogP contribution in [0.2, 0.25) is 0 Å². The standard InChI is InChI=1S/C41H30N6O/c1-23-22-30(27-17-19-42-20-18-27)43-24(2)36(23)37-25(3)46-32-12-9-13-33-38(32)41(47(46)26(37)4)39-34(48-33)16-15-29-28-10-5-6-11-31(28)45(40(29)39)35-14-7-8-21-44(35)41/h5-22H,1-4H3/q+2. The fraction of sp³-hybridized carbons (Fsp3) is 0.122. The molecule has 5 aromatic heterocycles. The monoisotopic (exact) mass is 622 g/mol. The molecule has 0 radical (unpaired) electrons. The van der Waals surface area contributed by atoms with E-state index in [9.17, 15) is 0 Å². The number of pyridine rings is 3. The van der Waals surface area contributed by atoms with E-state index in [1.807, 2.05) is 24.5 Å². The van der Waals surface area contributed by atoms with E-state index in [4.69, 9.17) is 9.72 Å². The molecule has 3 aliphatic heterocycles. The second-order valence-corrected chi connectivity index (χ2v) is 13.2. The predicted octanol–water partition coefficient (Wildman–Crippen LogP) is 7.54. The van der Waals surface area contributed by atoms with Gasteiger partial charge in [0.2, 0.25) is 5.69 Å². The largest absolute Gasteiger partial charge is 0.456 e. The highest BCUT2D eigenvalue weighted by Gasteiger charge is 2.70. The molecule has 228 valence electrons. The Labute approximate surface area is 276 Å². The van der Waals surface area contributed by atoms with Gasteiger partial charge in [0.25, 0.3) is 5.82 Å².